The number of esters is 1. The Hall–Kier alpha value is -2.41. The molecule has 1 aromatic rings. The van der Waals surface area contributed by atoms with E-state index < -0.39 is 24.1 Å². The van der Waals surface area contributed by atoms with Gasteiger partial charge in [0.05, 0.1) is 12.6 Å². The van der Waals surface area contributed by atoms with Crippen LogP contribution in [0, 0.1) is 17.3 Å². The average molecular weight is 471 g/mol. The number of carbonyl (C=O) groups is 3. The van der Waals surface area contributed by atoms with E-state index in [9.17, 15) is 19.5 Å². The summed E-state index contributed by atoms with van der Waals surface area (Å²) in [5.41, 5.74) is 1.05. The van der Waals surface area contributed by atoms with Gasteiger partial charge in [-0.3, -0.25) is 14.9 Å². The summed E-state index contributed by atoms with van der Waals surface area (Å²) in [5.74, 6) is -0.366. The maximum atomic E-state index is 13.5. The number of nitrogens with zero attached hydrogens (tertiary/aromatic N) is 1. The Labute approximate surface area is 202 Å². The van der Waals surface area contributed by atoms with Crippen molar-refractivity contribution in [3.63, 3.8) is 0 Å². The van der Waals surface area contributed by atoms with Crippen molar-refractivity contribution in [1.29, 1.82) is 0 Å². The molecular formula is C27H38N2O5. The van der Waals surface area contributed by atoms with Crippen molar-refractivity contribution in [1.82, 2.24) is 10.2 Å². The van der Waals surface area contributed by atoms with Gasteiger partial charge in [0.15, 0.2) is 0 Å². The van der Waals surface area contributed by atoms with Gasteiger partial charge in [-0.2, -0.15) is 0 Å². The van der Waals surface area contributed by atoms with E-state index in [1.807, 2.05) is 30.3 Å². The highest BCUT2D eigenvalue weighted by molar-refractivity contribution is 5.88. The number of nitrogens with one attached hydrogen (secondary N) is 1. The lowest BCUT2D eigenvalue weighted by atomic mass is 9.55. The first-order valence-corrected chi connectivity index (χ1v) is 12.8. The number of aliphatic carboxylic acids is 1. The third-order valence-corrected chi connectivity index (χ3v) is 8.39. The molecule has 0 unspecified atom stereocenters. The fraction of sp³-hybridized carbons (Fsp3) is 0.667. The van der Waals surface area contributed by atoms with Crippen molar-refractivity contribution in [3.8, 4) is 0 Å². The highest BCUT2D eigenvalue weighted by atomic mass is 16.5. The first-order chi connectivity index (χ1) is 16.3. The predicted octanol–water partition coefficient (Wildman–Crippen LogP) is 3.41. The van der Waals surface area contributed by atoms with E-state index in [0.717, 1.165) is 24.8 Å². The quantitative estimate of drug-likeness (QED) is 0.537. The molecule has 34 heavy (non-hydrogen) atoms. The molecule has 0 aromatic heterocycles. The molecule has 7 nitrogen and oxygen atoms in total. The Kier molecular flexibility index (Phi) is 7.60. The van der Waals surface area contributed by atoms with E-state index in [1.165, 1.54) is 12.8 Å². The number of likely N-dealkylation sites (tertiary alicyclic amines) is 1. The fourth-order valence-corrected chi connectivity index (χ4v) is 6.72. The molecule has 1 heterocycles. The lowest BCUT2D eigenvalue weighted by molar-refractivity contribution is -0.150. The Balaban J connectivity index is 1.45. The summed E-state index contributed by atoms with van der Waals surface area (Å²) in [7, 11) is 0. The highest BCUT2D eigenvalue weighted by Crippen LogP contribution is 2.57. The van der Waals surface area contributed by atoms with E-state index in [1.54, 1.807) is 18.7 Å². The molecule has 7 heteroatoms. The van der Waals surface area contributed by atoms with Gasteiger partial charge < -0.3 is 14.7 Å². The van der Waals surface area contributed by atoms with E-state index in [2.05, 4.69) is 5.32 Å². The molecule has 4 atom stereocenters. The molecule has 3 aliphatic carbocycles. The number of fused-ring (bicyclic) bond motifs is 2. The zero-order valence-corrected chi connectivity index (χ0v) is 20.4. The number of carbonyl (C=O) groups excluding carboxylic acids is 2. The van der Waals surface area contributed by atoms with Crippen LogP contribution in [0.25, 0.3) is 0 Å². The molecule has 1 spiro atoms. The first kappa shape index (κ1) is 24.7. The summed E-state index contributed by atoms with van der Waals surface area (Å²) in [6.07, 6.45) is 7.53. The smallest absolute Gasteiger partial charge is 0.326 e. The molecular weight excluding hydrogens is 432 g/mol. The molecule has 1 amide bonds. The lowest BCUT2D eigenvalue weighted by Crippen LogP contribution is -2.54. The van der Waals surface area contributed by atoms with Crippen molar-refractivity contribution in [2.45, 2.75) is 83.3 Å². The monoisotopic (exact) mass is 470 g/mol. The normalized spacial score (nSPS) is 29.7. The highest BCUT2D eigenvalue weighted by Gasteiger charge is 2.56. The summed E-state index contributed by atoms with van der Waals surface area (Å²) in [6, 6.07) is 7.79. The third-order valence-electron chi connectivity index (χ3n) is 8.39. The van der Waals surface area contributed by atoms with Gasteiger partial charge in [-0.15, -0.1) is 0 Å². The summed E-state index contributed by atoms with van der Waals surface area (Å²) in [6.45, 7) is 4.28. The topological polar surface area (TPSA) is 95.9 Å². The number of amides is 1. The van der Waals surface area contributed by atoms with Crippen molar-refractivity contribution in [2.24, 2.45) is 17.3 Å². The standard InChI is InChI=1S/C27H38N2O5/c1-3-34-26(33)22(14-11-19-7-5-4-6-8-19)28-18(2)24(30)29-17-27(16-23(29)25(31)32)15-20-9-12-21(27)13-10-20/h4-8,18,20-23,28H,3,9-17H2,1-2H3,(H,31,32)/t18-,20?,21?,22+,23-,27-/m0/s1. The Morgan fingerprint density at radius 1 is 1.15 bits per heavy atom. The first-order valence-electron chi connectivity index (χ1n) is 12.8. The van der Waals surface area contributed by atoms with Gasteiger partial charge in [-0.25, -0.2) is 4.79 Å². The third kappa shape index (κ3) is 5.14. The van der Waals surface area contributed by atoms with Crippen molar-refractivity contribution in [2.75, 3.05) is 13.2 Å². The van der Waals surface area contributed by atoms with Crippen LogP contribution in [0.2, 0.25) is 0 Å². The Bertz CT molecular complexity index is 882. The van der Waals surface area contributed by atoms with Gasteiger partial charge in [-0.05, 0) is 75.2 Å². The van der Waals surface area contributed by atoms with Crippen molar-refractivity contribution in [3.05, 3.63) is 35.9 Å². The minimum absolute atomic E-state index is 0.0620. The summed E-state index contributed by atoms with van der Waals surface area (Å²) in [4.78, 5) is 39.9. The molecule has 3 saturated carbocycles. The fourth-order valence-electron chi connectivity index (χ4n) is 6.72. The van der Waals surface area contributed by atoms with Gasteiger partial charge in [0.1, 0.15) is 12.1 Å². The van der Waals surface area contributed by atoms with Crippen LogP contribution in [0.15, 0.2) is 30.3 Å². The van der Waals surface area contributed by atoms with Crippen molar-refractivity contribution < 1.29 is 24.2 Å². The van der Waals surface area contributed by atoms with Crippen LogP contribution in [0.3, 0.4) is 0 Å². The Morgan fingerprint density at radius 3 is 2.44 bits per heavy atom. The number of benzene rings is 1. The van der Waals surface area contributed by atoms with E-state index in [0.29, 0.717) is 37.6 Å². The van der Waals surface area contributed by atoms with Gasteiger partial charge in [0, 0.05) is 6.54 Å². The number of carboxylic acids is 1. The van der Waals surface area contributed by atoms with Crippen LogP contribution < -0.4 is 5.32 Å². The second kappa shape index (κ2) is 10.5. The number of rotatable bonds is 9. The molecule has 1 saturated heterocycles. The van der Waals surface area contributed by atoms with Gasteiger partial charge in [0.2, 0.25) is 5.91 Å². The van der Waals surface area contributed by atoms with Gasteiger partial charge >= 0.3 is 11.9 Å². The van der Waals surface area contributed by atoms with Gasteiger partial charge in [0.25, 0.3) is 0 Å². The lowest BCUT2D eigenvalue weighted by Gasteiger charge is -2.50. The van der Waals surface area contributed by atoms with Crippen molar-refractivity contribution >= 4 is 17.8 Å². The predicted molar refractivity (Wildman–Crippen MR) is 128 cm³/mol. The number of aryl methyl sites for hydroxylation is 1. The summed E-state index contributed by atoms with van der Waals surface area (Å²) in [5, 5.41) is 13.1. The number of carboxylic acid groups (broad SMARTS) is 1. The SMILES string of the molecule is CCOC(=O)[C@@H](CCc1ccccc1)N[C@@H](C)C(=O)N1C[C@]2(CC3CCC2CC3)C[C@H]1C(=O)O. The van der Waals surface area contributed by atoms with E-state index in [4.69, 9.17) is 4.74 Å². The maximum absolute atomic E-state index is 13.5. The largest absolute Gasteiger partial charge is 0.480 e. The molecule has 0 radical (unpaired) electrons. The molecule has 5 rings (SSSR count). The van der Waals surface area contributed by atoms with E-state index >= 15 is 0 Å². The minimum atomic E-state index is -0.926. The second-order valence-electron chi connectivity index (χ2n) is 10.5. The molecule has 4 aliphatic rings. The average Bonchev–Trinajstić information content (AvgIpc) is 3.21. The van der Waals surface area contributed by atoms with E-state index in [-0.39, 0.29) is 23.9 Å². The van der Waals surface area contributed by atoms with Crippen LogP contribution in [0.1, 0.15) is 64.4 Å². The van der Waals surface area contributed by atoms with Gasteiger partial charge in [-0.1, -0.05) is 43.2 Å². The van der Waals surface area contributed by atoms with Crippen LogP contribution in [0.5, 0.6) is 0 Å². The number of hydrogen-bond donors (Lipinski definition) is 2. The van der Waals surface area contributed by atoms with Crippen LogP contribution >= 0.6 is 0 Å². The summed E-state index contributed by atoms with van der Waals surface area (Å²) >= 11 is 0. The zero-order valence-electron chi connectivity index (χ0n) is 20.4. The molecule has 186 valence electrons. The molecule has 2 N–H and O–H groups in total. The zero-order chi connectivity index (χ0) is 24.3. The summed E-state index contributed by atoms with van der Waals surface area (Å²) < 4.78 is 5.26. The number of ether oxygens (including phenoxy) is 1. The molecule has 1 aromatic carbocycles. The Morgan fingerprint density at radius 2 is 1.85 bits per heavy atom. The maximum Gasteiger partial charge on any atom is 0.326 e. The minimum Gasteiger partial charge on any atom is -0.480 e. The molecule has 2 bridgehead atoms. The molecule has 1 aliphatic heterocycles. The number of hydrogen-bond acceptors (Lipinski definition) is 5. The van der Waals surface area contributed by atoms with Crippen LogP contribution in [0.4, 0.5) is 0 Å². The molecule has 4 fully saturated rings. The second-order valence-corrected chi connectivity index (χ2v) is 10.5. The van der Waals surface area contributed by atoms with Crippen LogP contribution in [-0.4, -0.2) is 59.1 Å². The van der Waals surface area contributed by atoms with Crippen LogP contribution in [-0.2, 0) is 25.5 Å².